The molecule has 2 amide bonds. The number of carbonyl (C=O) groups excluding carboxylic acids is 1. The number of hydrogen-bond donors (Lipinski definition) is 1. The summed E-state index contributed by atoms with van der Waals surface area (Å²) in [5.74, 6) is 0.807. The molecule has 6 nitrogen and oxygen atoms in total. The third kappa shape index (κ3) is 5.10. The van der Waals surface area contributed by atoms with E-state index in [1.54, 1.807) is 19.1 Å². The molecule has 0 aliphatic heterocycles. The number of urea groups is 1. The van der Waals surface area contributed by atoms with Gasteiger partial charge in [-0.25, -0.2) is 9.48 Å². The van der Waals surface area contributed by atoms with Gasteiger partial charge in [-0.2, -0.15) is 5.10 Å². The zero-order valence-corrected chi connectivity index (χ0v) is 15.6. The fourth-order valence-corrected chi connectivity index (χ4v) is 2.74. The summed E-state index contributed by atoms with van der Waals surface area (Å²) in [5, 5.41) is 7.32. The summed E-state index contributed by atoms with van der Waals surface area (Å²) >= 11 is 0. The number of para-hydroxylation sites is 1. The lowest BCUT2D eigenvalue weighted by Gasteiger charge is -2.18. The number of benzene rings is 2. The Morgan fingerprint density at radius 3 is 2.56 bits per heavy atom. The molecule has 0 spiro atoms. The first-order valence-electron chi connectivity index (χ1n) is 8.86. The molecule has 6 heteroatoms. The van der Waals surface area contributed by atoms with E-state index in [9.17, 15) is 4.79 Å². The van der Waals surface area contributed by atoms with Gasteiger partial charge >= 0.3 is 6.03 Å². The maximum Gasteiger partial charge on any atom is 0.317 e. The highest BCUT2D eigenvalue weighted by Crippen LogP contribution is 2.12. The summed E-state index contributed by atoms with van der Waals surface area (Å²) in [4.78, 5) is 13.9. The minimum Gasteiger partial charge on any atom is -0.497 e. The second kappa shape index (κ2) is 8.89. The molecule has 0 aliphatic carbocycles. The van der Waals surface area contributed by atoms with E-state index in [1.807, 2.05) is 71.7 Å². The summed E-state index contributed by atoms with van der Waals surface area (Å²) in [5.41, 5.74) is 3.15. The molecular formula is C21H24N4O2. The predicted molar refractivity (Wildman–Crippen MR) is 105 cm³/mol. The Balaban J connectivity index is 1.45. The van der Waals surface area contributed by atoms with E-state index >= 15 is 0 Å². The first kappa shape index (κ1) is 18.5. The minimum absolute atomic E-state index is 0.0960. The standard InChI is InChI=1S/C21H24N4O2/c1-24(15-17-8-10-20(27-2)11-9-17)21(26)22-13-12-18-14-23-25(16-18)19-6-4-3-5-7-19/h3-11,14,16H,12-13,15H2,1-2H3,(H,22,26). The van der Waals surface area contributed by atoms with Crippen LogP contribution in [0.3, 0.4) is 0 Å². The van der Waals surface area contributed by atoms with E-state index in [-0.39, 0.29) is 6.03 Å². The molecule has 0 aliphatic rings. The van der Waals surface area contributed by atoms with Gasteiger partial charge in [-0.1, -0.05) is 30.3 Å². The quantitative estimate of drug-likeness (QED) is 0.700. The van der Waals surface area contributed by atoms with Crippen molar-refractivity contribution in [2.45, 2.75) is 13.0 Å². The van der Waals surface area contributed by atoms with Gasteiger partial charge in [0.05, 0.1) is 19.0 Å². The van der Waals surface area contributed by atoms with Crippen LogP contribution >= 0.6 is 0 Å². The molecule has 2 aromatic carbocycles. The van der Waals surface area contributed by atoms with Gasteiger partial charge in [-0.15, -0.1) is 0 Å². The fraction of sp³-hybridized carbons (Fsp3) is 0.238. The normalized spacial score (nSPS) is 10.4. The minimum atomic E-state index is -0.0960. The highest BCUT2D eigenvalue weighted by molar-refractivity contribution is 5.73. The number of nitrogens with zero attached hydrogens (tertiary/aromatic N) is 3. The van der Waals surface area contributed by atoms with Crippen molar-refractivity contribution in [3.8, 4) is 11.4 Å². The molecule has 0 saturated carbocycles. The number of rotatable bonds is 7. The average molecular weight is 364 g/mol. The zero-order valence-electron chi connectivity index (χ0n) is 15.6. The largest absolute Gasteiger partial charge is 0.497 e. The number of amides is 2. The first-order chi connectivity index (χ1) is 13.2. The van der Waals surface area contributed by atoms with Crippen LogP contribution in [0.25, 0.3) is 5.69 Å². The van der Waals surface area contributed by atoms with Crippen molar-refractivity contribution in [2.24, 2.45) is 0 Å². The number of hydrogen-bond acceptors (Lipinski definition) is 3. The Labute approximate surface area is 159 Å². The number of aromatic nitrogens is 2. The van der Waals surface area contributed by atoms with Crippen molar-refractivity contribution < 1.29 is 9.53 Å². The molecule has 1 heterocycles. The lowest BCUT2D eigenvalue weighted by Crippen LogP contribution is -2.37. The Morgan fingerprint density at radius 2 is 1.85 bits per heavy atom. The first-order valence-corrected chi connectivity index (χ1v) is 8.86. The smallest absolute Gasteiger partial charge is 0.317 e. The molecule has 3 rings (SSSR count). The van der Waals surface area contributed by atoms with Gasteiger partial charge in [0.25, 0.3) is 0 Å². The van der Waals surface area contributed by atoms with E-state index < -0.39 is 0 Å². The number of carbonyl (C=O) groups is 1. The summed E-state index contributed by atoms with van der Waals surface area (Å²) < 4.78 is 6.99. The SMILES string of the molecule is COc1ccc(CN(C)C(=O)NCCc2cnn(-c3ccccc3)c2)cc1. The van der Waals surface area contributed by atoms with Crippen molar-refractivity contribution in [3.63, 3.8) is 0 Å². The molecule has 1 aromatic heterocycles. The Kier molecular flexibility index (Phi) is 6.10. The maximum absolute atomic E-state index is 12.3. The van der Waals surface area contributed by atoms with E-state index in [4.69, 9.17) is 4.74 Å². The number of methoxy groups -OCH3 is 1. The summed E-state index contributed by atoms with van der Waals surface area (Å²) in [6.45, 7) is 1.11. The van der Waals surface area contributed by atoms with Crippen molar-refractivity contribution in [3.05, 3.63) is 78.1 Å². The molecule has 27 heavy (non-hydrogen) atoms. The Morgan fingerprint density at radius 1 is 1.11 bits per heavy atom. The average Bonchev–Trinajstić information content (AvgIpc) is 3.18. The fourth-order valence-electron chi connectivity index (χ4n) is 2.74. The van der Waals surface area contributed by atoms with Crippen LogP contribution in [0.15, 0.2) is 67.0 Å². The number of ether oxygens (including phenoxy) is 1. The zero-order chi connectivity index (χ0) is 19.1. The Hall–Kier alpha value is -3.28. The van der Waals surface area contributed by atoms with Gasteiger partial charge in [-0.05, 0) is 41.8 Å². The molecule has 0 unspecified atom stereocenters. The van der Waals surface area contributed by atoms with Crippen molar-refractivity contribution in [2.75, 3.05) is 20.7 Å². The molecule has 0 fully saturated rings. The van der Waals surface area contributed by atoms with Crippen LogP contribution in [-0.2, 0) is 13.0 Å². The molecule has 3 aromatic rings. The van der Waals surface area contributed by atoms with Gasteiger partial charge < -0.3 is 15.0 Å². The molecule has 0 radical (unpaired) electrons. The summed E-state index contributed by atoms with van der Waals surface area (Å²) in [6, 6.07) is 17.6. The van der Waals surface area contributed by atoms with Crippen molar-refractivity contribution in [1.82, 2.24) is 20.0 Å². The molecule has 140 valence electrons. The lowest BCUT2D eigenvalue weighted by atomic mass is 10.2. The molecule has 1 N–H and O–H groups in total. The van der Waals surface area contributed by atoms with Crippen molar-refractivity contribution >= 4 is 6.03 Å². The predicted octanol–water partition coefficient (Wildman–Crippen LogP) is 3.27. The van der Waals surface area contributed by atoms with Crippen LogP contribution in [-0.4, -0.2) is 41.4 Å². The third-order valence-electron chi connectivity index (χ3n) is 4.27. The maximum atomic E-state index is 12.3. The molecule has 0 bridgehead atoms. The van der Waals surface area contributed by atoms with Crippen LogP contribution < -0.4 is 10.1 Å². The lowest BCUT2D eigenvalue weighted by molar-refractivity contribution is 0.207. The van der Waals surface area contributed by atoms with Gasteiger partial charge in [-0.3, -0.25) is 0 Å². The van der Waals surface area contributed by atoms with E-state index in [2.05, 4.69) is 10.4 Å². The molecule has 0 atom stereocenters. The van der Waals surface area contributed by atoms with Crippen LogP contribution in [0.4, 0.5) is 4.79 Å². The van der Waals surface area contributed by atoms with Crippen LogP contribution in [0.5, 0.6) is 5.75 Å². The summed E-state index contributed by atoms with van der Waals surface area (Å²) in [7, 11) is 3.42. The van der Waals surface area contributed by atoms with Gasteiger partial charge in [0, 0.05) is 26.3 Å². The van der Waals surface area contributed by atoms with E-state index in [0.717, 1.165) is 29.0 Å². The van der Waals surface area contributed by atoms with Crippen LogP contribution in [0.2, 0.25) is 0 Å². The second-order valence-electron chi connectivity index (χ2n) is 6.31. The van der Waals surface area contributed by atoms with Gasteiger partial charge in [0.15, 0.2) is 0 Å². The third-order valence-corrected chi connectivity index (χ3v) is 4.27. The highest BCUT2D eigenvalue weighted by Gasteiger charge is 2.09. The van der Waals surface area contributed by atoms with Crippen LogP contribution in [0.1, 0.15) is 11.1 Å². The molecule has 0 saturated heterocycles. The van der Waals surface area contributed by atoms with Crippen LogP contribution in [0, 0.1) is 0 Å². The van der Waals surface area contributed by atoms with Crippen molar-refractivity contribution in [1.29, 1.82) is 0 Å². The topological polar surface area (TPSA) is 59.4 Å². The molecular weight excluding hydrogens is 340 g/mol. The van der Waals surface area contributed by atoms with E-state index in [0.29, 0.717) is 13.1 Å². The Bertz CT molecular complexity index is 859. The monoisotopic (exact) mass is 364 g/mol. The van der Waals surface area contributed by atoms with Gasteiger partial charge in [0.2, 0.25) is 0 Å². The van der Waals surface area contributed by atoms with Gasteiger partial charge in [0.1, 0.15) is 5.75 Å². The number of nitrogens with one attached hydrogen (secondary N) is 1. The second-order valence-corrected chi connectivity index (χ2v) is 6.31. The highest BCUT2D eigenvalue weighted by atomic mass is 16.5. The summed E-state index contributed by atoms with van der Waals surface area (Å²) in [6.07, 6.45) is 4.55. The van der Waals surface area contributed by atoms with E-state index in [1.165, 1.54) is 0 Å².